The molecule has 0 bridgehead atoms. The molecule has 1 atom stereocenters. The first-order valence-corrected chi connectivity index (χ1v) is 9.05. The number of halogens is 3. The number of hydrogen-bond acceptors (Lipinski definition) is 4. The van der Waals surface area contributed by atoms with Gasteiger partial charge in [0.1, 0.15) is 5.70 Å². The summed E-state index contributed by atoms with van der Waals surface area (Å²) in [7, 11) is -0.714. The van der Waals surface area contributed by atoms with E-state index in [1.165, 1.54) is 10.3 Å². The molecule has 0 spiro atoms. The number of thioether (sulfide) groups is 1. The van der Waals surface area contributed by atoms with Crippen LogP contribution in [-0.4, -0.2) is 29.9 Å². The fourth-order valence-corrected chi connectivity index (χ4v) is 3.80. The number of allylic oxidation sites excluding steroid dienone is 1. The van der Waals surface area contributed by atoms with E-state index in [-0.39, 0.29) is 5.37 Å². The van der Waals surface area contributed by atoms with Crippen LogP contribution in [0.2, 0.25) is 0 Å². The highest BCUT2D eigenvalue weighted by Gasteiger charge is 2.53. The number of hydrogen-bond donors (Lipinski definition) is 0. The Hall–Kier alpha value is -1.12. The SMILES string of the molecule is CC1SC=C(C(F)(F)F)N1c1ccccc1B1OC(C)(C)C(C)(C)O1. The number of benzene rings is 1. The molecule has 3 nitrogen and oxygen atoms in total. The van der Waals surface area contributed by atoms with E-state index < -0.39 is 30.2 Å². The fraction of sp³-hybridized carbons (Fsp3) is 0.529. The molecular formula is C17H21BF3NO2S. The first kappa shape index (κ1) is 18.7. The van der Waals surface area contributed by atoms with Gasteiger partial charge in [0.15, 0.2) is 0 Å². The number of rotatable bonds is 2. The first-order chi connectivity index (χ1) is 11.4. The first-order valence-electron chi connectivity index (χ1n) is 8.11. The van der Waals surface area contributed by atoms with Crippen LogP contribution in [0.5, 0.6) is 0 Å². The second-order valence-electron chi connectivity index (χ2n) is 7.25. The summed E-state index contributed by atoms with van der Waals surface area (Å²) in [6.07, 6.45) is -4.42. The van der Waals surface area contributed by atoms with Crippen molar-refractivity contribution < 1.29 is 22.5 Å². The Morgan fingerprint density at radius 3 is 2.20 bits per heavy atom. The minimum atomic E-state index is -4.42. The van der Waals surface area contributed by atoms with Crippen LogP contribution in [0.15, 0.2) is 35.4 Å². The molecule has 0 N–H and O–H groups in total. The molecule has 3 rings (SSSR count). The third kappa shape index (κ3) is 3.20. The van der Waals surface area contributed by atoms with Crippen molar-refractivity contribution in [1.29, 1.82) is 0 Å². The molecule has 8 heteroatoms. The Balaban J connectivity index is 2.02. The van der Waals surface area contributed by atoms with Crippen LogP contribution < -0.4 is 10.4 Å². The predicted molar refractivity (Wildman–Crippen MR) is 95.8 cm³/mol. The van der Waals surface area contributed by atoms with Gasteiger partial charge in [-0.1, -0.05) is 18.2 Å². The molecule has 0 radical (unpaired) electrons. The zero-order valence-corrected chi connectivity index (χ0v) is 15.7. The Kier molecular flexibility index (Phi) is 4.45. The van der Waals surface area contributed by atoms with Crippen molar-refractivity contribution in [3.8, 4) is 0 Å². The molecule has 1 fully saturated rings. The largest absolute Gasteiger partial charge is 0.496 e. The standard InChI is InChI=1S/C17H21BF3NO2S/c1-11-22(14(10-25-11)17(19,20)21)13-9-7-6-8-12(13)18-23-15(2,3)16(4,5)24-18/h6-11H,1-5H3. The van der Waals surface area contributed by atoms with E-state index in [0.29, 0.717) is 11.2 Å². The summed E-state index contributed by atoms with van der Waals surface area (Å²) in [6, 6.07) is 6.96. The van der Waals surface area contributed by atoms with Gasteiger partial charge in [-0.15, -0.1) is 11.8 Å². The topological polar surface area (TPSA) is 21.7 Å². The van der Waals surface area contributed by atoms with Gasteiger partial charge in [0.05, 0.1) is 16.6 Å². The molecule has 1 aromatic rings. The maximum Gasteiger partial charge on any atom is 0.496 e. The average molecular weight is 371 g/mol. The van der Waals surface area contributed by atoms with Crippen LogP contribution >= 0.6 is 11.8 Å². The third-order valence-electron chi connectivity index (χ3n) is 4.99. The Bertz CT molecular complexity index is 689. The van der Waals surface area contributed by atoms with Crippen LogP contribution in [0.1, 0.15) is 34.6 Å². The van der Waals surface area contributed by atoms with E-state index in [4.69, 9.17) is 9.31 Å². The summed E-state index contributed by atoms with van der Waals surface area (Å²) in [5.74, 6) is 0. The van der Waals surface area contributed by atoms with E-state index in [2.05, 4.69) is 0 Å². The fourth-order valence-electron chi connectivity index (χ4n) is 2.88. The van der Waals surface area contributed by atoms with Crippen molar-refractivity contribution in [2.24, 2.45) is 0 Å². The van der Waals surface area contributed by atoms with Gasteiger partial charge in [-0.3, -0.25) is 0 Å². The number of alkyl halides is 3. The highest BCUT2D eigenvalue weighted by Crippen LogP contribution is 2.43. The smallest absolute Gasteiger partial charge is 0.399 e. The molecule has 2 heterocycles. The summed E-state index contributed by atoms with van der Waals surface area (Å²) in [4.78, 5) is 1.31. The molecule has 1 unspecified atom stereocenters. The molecule has 1 saturated heterocycles. The van der Waals surface area contributed by atoms with Crippen LogP contribution in [-0.2, 0) is 9.31 Å². The van der Waals surface area contributed by atoms with Crippen molar-refractivity contribution >= 4 is 30.0 Å². The molecule has 0 aliphatic carbocycles. The summed E-state index contributed by atoms with van der Waals surface area (Å²) in [5, 5.41) is 0.811. The lowest BCUT2D eigenvalue weighted by atomic mass is 9.77. The van der Waals surface area contributed by atoms with Gasteiger partial charge >= 0.3 is 13.3 Å². The molecular weight excluding hydrogens is 350 g/mol. The molecule has 0 aromatic heterocycles. The van der Waals surface area contributed by atoms with Gasteiger partial charge in [-0.2, -0.15) is 13.2 Å². The lowest BCUT2D eigenvalue weighted by Crippen LogP contribution is -2.42. The van der Waals surface area contributed by atoms with Crippen LogP contribution in [0, 0.1) is 0 Å². The number of para-hydroxylation sites is 1. The zero-order valence-electron chi connectivity index (χ0n) is 14.8. The number of anilines is 1. The summed E-state index contributed by atoms with van der Waals surface area (Å²) in [5.41, 5.74) is -0.709. The van der Waals surface area contributed by atoms with Crippen LogP contribution in [0.4, 0.5) is 18.9 Å². The molecule has 2 aliphatic rings. The second kappa shape index (κ2) is 5.96. The Morgan fingerprint density at radius 1 is 1.08 bits per heavy atom. The van der Waals surface area contributed by atoms with E-state index in [0.717, 1.165) is 11.8 Å². The van der Waals surface area contributed by atoms with Crippen molar-refractivity contribution in [2.75, 3.05) is 4.90 Å². The molecule has 0 saturated carbocycles. The summed E-state index contributed by atoms with van der Waals surface area (Å²) in [6.45, 7) is 9.44. The van der Waals surface area contributed by atoms with Gasteiger partial charge in [-0.05, 0) is 40.7 Å². The van der Waals surface area contributed by atoms with Crippen molar-refractivity contribution in [1.82, 2.24) is 0 Å². The van der Waals surface area contributed by atoms with Crippen LogP contribution in [0.3, 0.4) is 0 Å². The Labute approximate surface area is 150 Å². The molecule has 0 amide bonds. The van der Waals surface area contributed by atoms with Gasteiger partial charge in [0, 0.05) is 16.6 Å². The maximum absolute atomic E-state index is 13.4. The minimum Gasteiger partial charge on any atom is -0.399 e. The van der Waals surface area contributed by atoms with Gasteiger partial charge < -0.3 is 14.2 Å². The molecule has 2 aliphatic heterocycles. The zero-order chi connectivity index (χ0) is 18.6. The van der Waals surface area contributed by atoms with E-state index in [1.807, 2.05) is 27.7 Å². The van der Waals surface area contributed by atoms with Gasteiger partial charge in [0.2, 0.25) is 0 Å². The van der Waals surface area contributed by atoms with Crippen molar-refractivity contribution in [3.63, 3.8) is 0 Å². The summed E-state index contributed by atoms with van der Waals surface area (Å²) >= 11 is 1.15. The second-order valence-corrected chi connectivity index (χ2v) is 8.44. The van der Waals surface area contributed by atoms with Gasteiger partial charge in [-0.25, -0.2) is 0 Å². The minimum absolute atomic E-state index is 0.361. The van der Waals surface area contributed by atoms with Gasteiger partial charge in [0.25, 0.3) is 0 Å². The highest BCUT2D eigenvalue weighted by atomic mass is 32.2. The third-order valence-corrected chi connectivity index (χ3v) is 5.96. The predicted octanol–water partition coefficient (Wildman–Crippen LogP) is 4.29. The van der Waals surface area contributed by atoms with Crippen molar-refractivity contribution in [2.45, 2.75) is 57.4 Å². The molecule has 136 valence electrons. The van der Waals surface area contributed by atoms with Crippen LogP contribution in [0.25, 0.3) is 0 Å². The normalized spacial score (nSPS) is 25.4. The molecule has 25 heavy (non-hydrogen) atoms. The lowest BCUT2D eigenvalue weighted by Gasteiger charge is -2.32. The Morgan fingerprint density at radius 2 is 1.64 bits per heavy atom. The average Bonchev–Trinajstić information content (AvgIpc) is 2.96. The summed E-state index contributed by atoms with van der Waals surface area (Å²) < 4.78 is 52.4. The van der Waals surface area contributed by atoms with Crippen molar-refractivity contribution in [3.05, 3.63) is 35.4 Å². The lowest BCUT2D eigenvalue weighted by molar-refractivity contribution is -0.0929. The molecule has 1 aromatic carbocycles. The van der Waals surface area contributed by atoms with E-state index in [1.54, 1.807) is 31.2 Å². The maximum atomic E-state index is 13.4. The highest BCUT2D eigenvalue weighted by molar-refractivity contribution is 8.03. The monoisotopic (exact) mass is 371 g/mol. The quantitative estimate of drug-likeness (QED) is 0.723. The van der Waals surface area contributed by atoms with E-state index in [9.17, 15) is 13.2 Å². The number of nitrogens with zero attached hydrogens (tertiary/aromatic N) is 1. The van der Waals surface area contributed by atoms with E-state index >= 15 is 0 Å².